The number of ether oxygens (including phenoxy) is 1. The number of nitrogens with two attached hydrogens (primary N) is 1. The van der Waals surface area contributed by atoms with E-state index in [9.17, 15) is 9.46 Å². The summed E-state index contributed by atoms with van der Waals surface area (Å²) in [5.74, 6) is 1.23. The number of anilines is 1. The van der Waals surface area contributed by atoms with Crippen molar-refractivity contribution in [1.82, 2.24) is 19.5 Å². The van der Waals surface area contributed by atoms with Crippen LogP contribution < -0.4 is 15.0 Å². The summed E-state index contributed by atoms with van der Waals surface area (Å²) in [7, 11) is -3.06. The molecule has 5 aromatic rings. The van der Waals surface area contributed by atoms with E-state index in [0.29, 0.717) is 35.9 Å². The van der Waals surface area contributed by atoms with Crippen LogP contribution in [-0.2, 0) is 33.4 Å². The summed E-state index contributed by atoms with van der Waals surface area (Å²) in [5.41, 5.74) is 10.2. The molecule has 1 atom stereocenters. The lowest BCUT2D eigenvalue weighted by Crippen LogP contribution is -2.38. The highest BCUT2D eigenvalue weighted by atomic mass is 31.2. The van der Waals surface area contributed by atoms with E-state index in [1.54, 1.807) is 36.8 Å². The van der Waals surface area contributed by atoms with Gasteiger partial charge in [-0.1, -0.05) is 11.2 Å². The van der Waals surface area contributed by atoms with Gasteiger partial charge in [-0.05, 0) is 35.4 Å². The first-order valence-corrected chi connectivity index (χ1v) is 12.7. The van der Waals surface area contributed by atoms with Gasteiger partial charge in [0.2, 0.25) is 12.6 Å². The van der Waals surface area contributed by atoms with E-state index in [2.05, 4.69) is 19.6 Å². The zero-order valence-corrected chi connectivity index (χ0v) is 20.7. The van der Waals surface area contributed by atoms with Crippen molar-refractivity contribution >= 4 is 19.3 Å². The van der Waals surface area contributed by atoms with E-state index in [4.69, 9.17) is 19.5 Å². The smallest absolute Gasteiger partial charge is 0.473 e. The summed E-state index contributed by atoms with van der Waals surface area (Å²) in [6.07, 6.45) is 9.40. The second-order valence-corrected chi connectivity index (χ2v) is 9.63. The number of imidazole rings is 1. The van der Waals surface area contributed by atoms with E-state index in [0.717, 1.165) is 23.9 Å². The first kappa shape index (κ1) is 24.6. The zero-order chi connectivity index (χ0) is 25.8. The van der Waals surface area contributed by atoms with Gasteiger partial charge in [0.05, 0.1) is 11.9 Å². The molecule has 0 amide bonds. The zero-order valence-electron chi connectivity index (χ0n) is 19.8. The quantitative estimate of drug-likeness (QED) is 0.206. The molecule has 13 heteroatoms. The molecule has 0 radical (unpaired) electrons. The maximum atomic E-state index is 11.6. The van der Waals surface area contributed by atoms with Gasteiger partial charge in [0.1, 0.15) is 17.8 Å². The van der Waals surface area contributed by atoms with Gasteiger partial charge in [-0.25, -0.2) is 23.6 Å². The lowest BCUT2D eigenvalue weighted by molar-refractivity contribution is -0.711. The fourth-order valence-corrected chi connectivity index (χ4v) is 3.98. The molecule has 3 N–H and O–H groups in total. The van der Waals surface area contributed by atoms with Crippen LogP contribution in [0.15, 0.2) is 78.0 Å². The van der Waals surface area contributed by atoms with Crippen LogP contribution in [0.3, 0.4) is 0 Å². The maximum Gasteiger partial charge on any atom is 0.475 e. The summed E-state index contributed by atoms with van der Waals surface area (Å²) in [6, 6.07) is 12.9. The number of phosphoric acid groups is 1. The molecule has 0 aliphatic carbocycles. The molecule has 0 fully saturated rings. The third kappa shape index (κ3) is 5.84. The van der Waals surface area contributed by atoms with Gasteiger partial charge in [0, 0.05) is 50.5 Å². The molecule has 5 aromatic heterocycles. The molecule has 1 unspecified atom stereocenters. The minimum atomic E-state index is -4.14. The van der Waals surface area contributed by atoms with Crippen molar-refractivity contribution in [1.29, 1.82) is 0 Å². The Morgan fingerprint density at radius 1 is 1.16 bits per heavy atom. The first-order chi connectivity index (χ1) is 17.9. The van der Waals surface area contributed by atoms with Crippen molar-refractivity contribution in [3.8, 4) is 17.2 Å². The Kier molecular flexibility index (Phi) is 6.97. The number of hydrogen-bond donors (Lipinski definition) is 2. The summed E-state index contributed by atoms with van der Waals surface area (Å²) >= 11 is 0. The van der Waals surface area contributed by atoms with Crippen LogP contribution in [0.5, 0.6) is 5.88 Å². The van der Waals surface area contributed by atoms with Crippen molar-refractivity contribution in [2.45, 2.75) is 19.8 Å². The van der Waals surface area contributed by atoms with E-state index >= 15 is 0 Å². The van der Waals surface area contributed by atoms with Gasteiger partial charge in [0.25, 0.3) is 5.82 Å². The maximum absolute atomic E-state index is 11.6. The van der Waals surface area contributed by atoms with Crippen LogP contribution in [0.25, 0.3) is 17.0 Å². The Labute approximate surface area is 211 Å². The number of fused-ring (bicyclic) bond motifs is 1. The van der Waals surface area contributed by atoms with Gasteiger partial charge in [-0.2, -0.15) is 0 Å². The molecule has 12 nitrogen and oxygen atoms in total. The molecular formula is C24H24N6O6P+. The molecular weight excluding hydrogens is 499 g/mol. The lowest BCUT2D eigenvalue weighted by atomic mass is 10.1. The SMILES string of the molecule is COP(=O)(O)OC[n+]1cccc(-c2cc(Cc3ccc(OCc4ccn5ccnc5c4)nc3)no2)c1N. The predicted octanol–water partition coefficient (Wildman–Crippen LogP) is 3.14. The Morgan fingerprint density at radius 2 is 2.05 bits per heavy atom. The average Bonchev–Trinajstić information content (AvgIpc) is 3.57. The van der Waals surface area contributed by atoms with Gasteiger partial charge < -0.3 is 18.6 Å². The molecule has 0 saturated heterocycles. The molecule has 0 spiro atoms. The number of rotatable bonds is 10. The Hall–Kier alpha value is -4.09. The molecule has 0 bridgehead atoms. The highest BCUT2D eigenvalue weighted by Crippen LogP contribution is 2.41. The minimum Gasteiger partial charge on any atom is -0.473 e. The Balaban J connectivity index is 1.21. The summed E-state index contributed by atoms with van der Waals surface area (Å²) in [5, 5.41) is 4.13. The molecule has 0 aromatic carbocycles. The summed E-state index contributed by atoms with van der Waals surface area (Å²) < 4.78 is 35.6. The van der Waals surface area contributed by atoms with E-state index in [1.807, 2.05) is 41.1 Å². The molecule has 0 saturated carbocycles. The largest absolute Gasteiger partial charge is 0.475 e. The second-order valence-electron chi connectivity index (χ2n) is 8.07. The topological polar surface area (TPSA) is 151 Å². The summed E-state index contributed by atoms with van der Waals surface area (Å²) in [6.45, 7) is 0.105. The molecule has 190 valence electrons. The minimum absolute atomic E-state index is 0.274. The van der Waals surface area contributed by atoms with Gasteiger partial charge in [-0.15, -0.1) is 0 Å². The third-order valence-electron chi connectivity index (χ3n) is 5.56. The highest BCUT2D eigenvalue weighted by molar-refractivity contribution is 7.47. The molecule has 0 aliphatic heterocycles. The average molecular weight is 523 g/mol. The Morgan fingerprint density at radius 3 is 2.86 bits per heavy atom. The third-order valence-corrected chi connectivity index (χ3v) is 6.46. The number of pyridine rings is 3. The van der Waals surface area contributed by atoms with Crippen LogP contribution in [0.4, 0.5) is 5.82 Å². The second kappa shape index (κ2) is 10.5. The van der Waals surface area contributed by atoms with Crippen molar-refractivity contribution in [2.24, 2.45) is 0 Å². The Bertz CT molecular complexity index is 1570. The van der Waals surface area contributed by atoms with Crippen molar-refractivity contribution in [3.63, 3.8) is 0 Å². The normalized spacial score (nSPS) is 13.0. The van der Waals surface area contributed by atoms with Crippen LogP contribution in [-0.4, -0.2) is 31.5 Å². The number of nitrogen functional groups attached to an aromatic ring is 1. The fourth-order valence-electron chi connectivity index (χ4n) is 3.60. The van der Waals surface area contributed by atoms with E-state index in [1.165, 1.54) is 4.57 Å². The standard InChI is InChI=1S/C24H23N6O6P/c1-33-37(31,32)35-16-30-8-2-3-20(24(30)25)21-13-19(28-36-21)11-17-4-5-23(27-14-17)34-15-18-6-9-29-10-7-26-22(29)12-18/h2-10,12-14,25H,11,15-16H2,1H3,(H,31,32)/p+1. The van der Waals surface area contributed by atoms with Crippen LogP contribution in [0.1, 0.15) is 16.8 Å². The van der Waals surface area contributed by atoms with Crippen molar-refractivity contribution in [3.05, 3.63) is 90.3 Å². The number of aromatic nitrogens is 5. The molecule has 5 heterocycles. The van der Waals surface area contributed by atoms with Crippen LogP contribution >= 0.6 is 7.82 Å². The van der Waals surface area contributed by atoms with Gasteiger partial charge in [0.15, 0.2) is 5.76 Å². The van der Waals surface area contributed by atoms with Crippen LogP contribution in [0.2, 0.25) is 0 Å². The molecule has 5 rings (SSSR count). The highest BCUT2D eigenvalue weighted by Gasteiger charge is 2.22. The molecule has 37 heavy (non-hydrogen) atoms. The van der Waals surface area contributed by atoms with Gasteiger partial charge in [-0.3, -0.25) is 10.3 Å². The van der Waals surface area contributed by atoms with Gasteiger partial charge >= 0.3 is 7.82 Å². The lowest BCUT2D eigenvalue weighted by Gasteiger charge is -2.09. The van der Waals surface area contributed by atoms with E-state index < -0.39 is 7.82 Å². The number of hydrogen-bond acceptors (Lipinski definition) is 9. The predicted molar refractivity (Wildman–Crippen MR) is 131 cm³/mol. The fraction of sp³-hybridized carbons (Fsp3) is 0.167. The molecule has 0 aliphatic rings. The first-order valence-electron chi connectivity index (χ1n) is 11.2. The number of phosphoric ester groups is 1. The summed E-state index contributed by atoms with van der Waals surface area (Å²) in [4.78, 5) is 18.1. The van der Waals surface area contributed by atoms with Crippen molar-refractivity contribution < 1.29 is 32.3 Å². The van der Waals surface area contributed by atoms with Crippen LogP contribution in [0, 0.1) is 0 Å². The number of nitrogens with zero attached hydrogens (tertiary/aromatic N) is 5. The van der Waals surface area contributed by atoms with E-state index in [-0.39, 0.29) is 12.5 Å². The monoisotopic (exact) mass is 523 g/mol. The van der Waals surface area contributed by atoms with Crippen molar-refractivity contribution in [2.75, 3.05) is 12.8 Å².